The van der Waals surface area contributed by atoms with Gasteiger partial charge in [0.25, 0.3) is 5.91 Å². The molecule has 0 fully saturated rings. The van der Waals surface area contributed by atoms with E-state index in [1.54, 1.807) is 57.2 Å². The van der Waals surface area contributed by atoms with Crippen LogP contribution in [-0.2, 0) is 21.4 Å². The number of nitrogens with zero attached hydrogens (tertiary/aromatic N) is 2. The van der Waals surface area contributed by atoms with Crippen LogP contribution in [0.3, 0.4) is 0 Å². The van der Waals surface area contributed by atoms with E-state index in [-0.39, 0.29) is 13.0 Å². The number of hydrazone groups is 1. The molecule has 212 valence electrons. The highest BCUT2D eigenvalue weighted by molar-refractivity contribution is 5.99. The predicted molar refractivity (Wildman–Crippen MR) is 141 cm³/mol. The molecule has 1 amide bonds. The fourth-order valence-corrected chi connectivity index (χ4v) is 4.83. The number of carbonyl (C=O) groups excluding carboxylic acids is 1. The van der Waals surface area contributed by atoms with Crippen LogP contribution in [0.4, 0.5) is 22.0 Å². The van der Waals surface area contributed by atoms with Gasteiger partial charge in [0.05, 0.1) is 16.5 Å². The average molecular weight is 560 g/mol. The van der Waals surface area contributed by atoms with Crippen molar-refractivity contribution in [1.29, 1.82) is 0 Å². The minimum atomic E-state index is -4.84. The van der Waals surface area contributed by atoms with E-state index in [1.165, 1.54) is 18.2 Å². The van der Waals surface area contributed by atoms with E-state index in [0.29, 0.717) is 35.7 Å². The SMILES string of the molecule is CC(c1cccc(F)c1)C(C)(C)C(=O)N1N=C(c2cc(F)ccc2C(F)(F)F)OC1(CCCN)c1ccccc1. The van der Waals surface area contributed by atoms with Crippen molar-refractivity contribution in [3.8, 4) is 0 Å². The molecule has 0 aliphatic carbocycles. The molecule has 1 heterocycles. The highest BCUT2D eigenvalue weighted by atomic mass is 19.4. The lowest BCUT2D eigenvalue weighted by molar-refractivity contribution is -0.163. The molecule has 5 nitrogen and oxygen atoms in total. The summed E-state index contributed by atoms with van der Waals surface area (Å²) in [6, 6.07) is 16.4. The maximum atomic E-state index is 14.4. The molecule has 0 aromatic heterocycles. The van der Waals surface area contributed by atoms with E-state index in [1.807, 2.05) is 0 Å². The molecule has 0 saturated carbocycles. The van der Waals surface area contributed by atoms with Crippen molar-refractivity contribution < 1.29 is 31.5 Å². The van der Waals surface area contributed by atoms with Gasteiger partial charge in [-0.1, -0.05) is 63.2 Å². The lowest BCUT2D eigenvalue weighted by Gasteiger charge is -2.40. The number of hydrogen-bond donors (Lipinski definition) is 1. The fourth-order valence-electron chi connectivity index (χ4n) is 4.83. The van der Waals surface area contributed by atoms with E-state index < -0.39 is 57.8 Å². The third-order valence-electron chi connectivity index (χ3n) is 7.44. The van der Waals surface area contributed by atoms with Crippen molar-refractivity contribution in [3.63, 3.8) is 0 Å². The van der Waals surface area contributed by atoms with Gasteiger partial charge in [-0.15, -0.1) is 5.10 Å². The van der Waals surface area contributed by atoms with E-state index in [9.17, 15) is 26.7 Å². The second-order valence-corrected chi connectivity index (χ2v) is 10.4. The van der Waals surface area contributed by atoms with E-state index >= 15 is 0 Å². The topological polar surface area (TPSA) is 67.9 Å². The molecular formula is C30H30F5N3O2. The highest BCUT2D eigenvalue weighted by Crippen LogP contribution is 2.47. The molecule has 2 unspecified atom stereocenters. The Bertz CT molecular complexity index is 1410. The maximum Gasteiger partial charge on any atom is 0.417 e. The van der Waals surface area contributed by atoms with Crippen LogP contribution >= 0.6 is 0 Å². The van der Waals surface area contributed by atoms with Crippen molar-refractivity contribution in [2.24, 2.45) is 16.3 Å². The lowest BCUT2D eigenvalue weighted by Crippen LogP contribution is -2.51. The summed E-state index contributed by atoms with van der Waals surface area (Å²) in [6.07, 6.45) is -4.42. The van der Waals surface area contributed by atoms with Crippen molar-refractivity contribution in [2.75, 3.05) is 6.54 Å². The highest BCUT2D eigenvalue weighted by Gasteiger charge is 2.54. The molecule has 40 heavy (non-hydrogen) atoms. The van der Waals surface area contributed by atoms with Crippen LogP contribution in [-0.4, -0.2) is 23.4 Å². The van der Waals surface area contributed by atoms with Crippen molar-refractivity contribution in [2.45, 2.75) is 51.4 Å². The standard InChI is InChI=1S/C30H30F5N3O2/c1-19(20-9-7-12-22(31)17-20)28(2,3)27(39)38-29(15-8-16-36,21-10-5-4-6-11-21)40-26(37-38)24-18-23(32)13-14-25(24)30(33,34)35/h4-7,9-14,17-19H,8,15-16,36H2,1-3H3. The lowest BCUT2D eigenvalue weighted by atomic mass is 9.74. The fraction of sp³-hybridized carbons (Fsp3) is 0.333. The summed E-state index contributed by atoms with van der Waals surface area (Å²) in [5.74, 6) is -3.05. The Morgan fingerprint density at radius 1 is 1.00 bits per heavy atom. The van der Waals surface area contributed by atoms with E-state index in [2.05, 4.69) is 5.10 Å². The smallest absolute Gasteiger partial charge is 0.417 e. The normalized spacial score (nSPS) is 18.3. The number of nitrogens with two attached hydrogens (primary N) is 1. The van der Waals surface area contributed by atoms with Gasteiger partial charge in [0.2, 0.25) is 11.6 Å². The zero-order chi connectivity index (χ0) is 29.3. The first-order chi connectivity index (χ1) is 18.8. The van der Waals surface area contributed by atoms with Gasteiger partial charge in [0.1, 0.15) is 11.6 Å². The van der Waals surface area contributed by atoms with Gasteiger partial charge in [-0.2, -0.15) is 18.2 Å². The van der Waals surface area contributed by atoms with Crippen LogP contribution in [0.1, 0.15) is 61.8 Å². The van der Waals surface area contributed by atoms with Gasteiger partial charge in [-0.05, 0) is 54.8 Å². The van der Waals surface area contributed by atoms with Gasteiger partial charge in [-0.3, -0.25) is 4.79 Å². The Morgan fingerprint density at radius 2 is 1.68 bits per heavy atom. The van der Waals surface area contributed by atoms with Gasteiger partial charge in [0.15, 0.2) is 0 Å². The summed E-state index contributed by atoms with van der Waals surface area (Å²) in [5, 5.41) is 5.36. The monoisotopic (exact) mass is 559 g/mol. The first kappa shape index (κ1) is 29.2. The molecule has 2 atom stereocenters. The average Bonchev–Trinajstić information content (AvgIpc) is 3.31. The third-order valence-corrected chi connectivity index (χ3v) is 7.44. The Hall–Kier alpha value is -3.79. The molecule has 1 aliphatic rings. The number of carbonyl (C=O) groups is 1. The molecule has 0 spiro atoms. The number of benzene rings is 3. The largest absolute Gasteiger partial charge is 0.443 e. The van der Waals surface area contributed by atoms with Crippen LogP contribution in [0.25, 0.3) is 0 Å². The number of rotatable bonds is 8. The number of ether oxygens (including phenoxy) is 1. The maximum absolute atomic E-state index is 14.4. The second kappa shape index (κ2) is 11.0. The molecular weight excluding hydrogens is 529 g/mol. The molecule has 0 radical (unpaired) electrons. The summed E-state index contributed by atoms with van der Waals surface area (Å²) >= 11 is 0. The minimum Gasteiger partial charge on any atom is -0.443 e. The Balaban J connectivity index is 1.91. The molecule has 3 aromatic rings. The van der Waals surface area contributed by atoms with Crippen molar-refractivity contribution in [3.05, 3.63) is 107 Å². The van der Waals surface area contributed by atoms with Gasteiger partial charge < -0.3 is 10.5 Å². The zero-order valence-electron chi connectivity index (χ0n) is 22.3. The van der Waals surface area contributed by atoms with Crippen LogP contribution in [0.2, 0.25) is 0 Å². The molecule has 3 aromatic carbocycles. The molecule has 0 bridgehead atoms. The number of hydrogen-bond acceptors (Lipinski definition) is 4. The molecule has 1 aliphatic heterocycles. The Kier molecular flexibility index (Phi) is 8.03. The molecule has 10 heteroatoms. The summed E-state index contributed by atoms with van der Waals surface area (Å²) < 4.78 is 76.4. The van der Waals surface area contributed by atoms with Gasteiger partial charge in [0, 0.05) is 12.0 Å². The molecule has 4 rings (SSSR count). The summed E-state index contributed by atoms with van der Waals surface area (Å²) in [6.45, 7) is 5.26. The summed E-state index contributed by atoms with van der Waals surface area (Å²) in [5.41, 5.74) is 2.13. The summed E-state index contributed by atoms with van der Waals surface area (Å²) in [4.78, 5) is 14.4. The van der Waals surface area contributed by atoms with Gasteiger partial charge >= 0.3 is 6.18 Å². The summed E-state index contributed by atoms with van der Waals surface area (Å²) in [7, 11) is 0. The van der Waals surface area contributed by atoms with Gasteiger partial charge in [-0.25, -0.2) is 8.78 Å². The molecule has 0 saturated heterocycles. The van der Waals surface area contributed by atoms with Crippen molar-refractivity contribution in [1.82, 2.24) is 5.01 Å². The minimum absolute atomic E-state index is 0.0906. The van der Waals surface area contributed by atoms with Crippen LogP contribution in [0.15, 0.2) is 77.9 Å². The number of halogens is 5. The molecule has 2 N–H and O–H groups in total. The Labute approximate surface area is 229 Å². The zero-order valence-corrected chi connectivity index (χ0v) is 22.3. The number of alkyl halides is 3. The quantitative estimate of drug-likeness (QED) is 0.305. The number of amides is 1. The van der Waals surface area contributed by atoms with E-state index in [4.69, 9.17) is 10.5 Å². The third kappa shape index (κ3) is 5.45. The van der Waals surface area contributed by atoms with E-state index in [0.717, 1.165) is 5.01 Å². The van der Waals surface area contributed by atoms with Crippen LogP contribution < -0.4 is 5.73 Å². The predicted octanol–water partition coefficient (Wildman–Crippen LogP) is 6.93. The first-order valence-electron chi connectivity index (χ1n) is 12.8. The van der Waals surface area contributed by atoms with Crippen LogP contribution in [0.5, 0.6) is 0 Å². The first-order valence-corrected chi connectivity index (χ1v) is 12.8. The van der Waals surface area contributed by atoms with Crippen LogP contribution in [0, 0.1) is 17.0 Å². The van der Waals surface area contributed by atoms with Crippen molar-refractivity contribution >= 4 is 11.8 Å². The second-order valence-electron chi connectivity index (χ2n) is 10.4. The Morgan fingerprint density at radius 3 is 2.30 bits per heavy atom.